The van der Waals surface area contributed by atoms with E-state index in [1.165, 1.54) is 11.8 Å². The molecule has 1 N–H and O–H groups in total. The van der Waals surface area contributed by atoms with E-state index in [2.05, 4.69) is 11.4 Å². The third kappa shape index (κ3) is 5.86. The Labute approximate surface area is 145 Å². The minimum absolute atomic E-state index is 0.0213. The van der Waals surface area contributed by atoms with Crippen molar-refractivity contribution < 1.29 is 14.3 Å². The van der Waals surface area contributed by atoms with Crippen LogP contribution >= 0.6 is 11.8 Å². The molecular formula is C18H18N2O3S. The lowest BCUT2D eigenvalue weighted by atomic mass is 10.2. The molecule has 0 fully saturated rings. The minimum atomic E-state index is -0.0213. The van der Waals surface area contributed by atoms with Crippen LogP contribution in [0.5, 0.6) is 11.5 Å². The predicted octanol–water partition coefficient (Wildman–Crippen LogP) is 3.32. The quantitative estimate of drug-likeness (QED) is 0.745. The van der Waals surface area contributed by atoms with Gasteiger partial charge in [-0.3, -0.25) is 4.79 Å². The van der Waals surface area contributed by atoms with Crippen molar-refractivity contribution in [1.82, 2.24) is 0 Å². The summed E-state index contributed by atoms with van der Waals surface area (Å²) in [4.78, 5) is 11.5. The maximum atomic E-state index is 11.5. The van der Waals surface area contributed by atoms with E-state index in [4.69, 9.17) is 14.7 Å². The highest BCUT2D eigenvalue weighted by Crippen LogP contribution is 2.16. The fraction of sp³-hybridized carbons (Fsp3) is 0.222. The van der Waals surface area contributed by atoms with Crippen LogP contribution in [-0.2, 0) is 4.79 Å². The summed E-state index contributed by atoms with van der Waals surface area (Å²) < 4.78 is 11.1. The van der Waals surface area contributed by atoms with E-state index in [-0.39, 0.29) is 5.91 Å². The number of nitrogens with zero attached hydrogens (tertiary/aromatic N) is 1. The number of amides is 1. The topological polar surface area (TPSA) is 71.3 Å². The summed E-state index contributed by atoms with van der Waals surface area (Å²) >= 11 is 1.48. The Kier molecular flexibility index (Phi) is 6.99. The number of carbonyl (C=O) groups is 1. The molecule has 0 aliphatic heterocycles. The van der Waals surface area contributed by atoms with Crippen LogP contribution in [0.15, 0.2) is 48.5 Å². The summed E-state index contributed by atoms with van der Waals surface area (Å²) in [5.74, 6) is 1.82. The van der Waals surface area contributed by atoms with Crippen LogP contribution < -0.4 is 14.8 Å². The molecular weight excluding hydrogens is 324 g/mol. The molecule has 124 valence electrons. The molecule has 0 radical (unpaired) electrons. The highest BCUT2D eigenvalue weighted by Gasteiger charge is 2.01. The van der Waals surface area contributed by atoms with E-state index in [1.54, 1.807) is 48.5 Å². The average Bonchev–Trinajstić information content (AvgIpc) is 2.61. The first-order valence-corrected chi connectivity index (χ1v) is 8.75. The summed E-state index contributed by atoms with van der Waals surface area (Å²) in [5.41, 5.74) is 1.35. The zero-order valence-corrected chi connectivity index (χ0v) is 14.1. The lowest BCUT2D eigenvalue weighted by Crippen LogP contribution is -2.13. The molecule has 0 aromatic heterocycles. The molecule has 2 aromatic rings. The molecule has 0 spiro atoms. The van der Waals surface area contributed by atoms with Crippen molar-refractivity contribution in [3.63, 3.8) is 0 Å². The molecule has 0 aliphatic rings. The van der Waals surface area contributed by atoms with Crippen molar-refractivity contribution in [2.75, 3.05) is 30.5 Å². The summed E-state index contributed by atoms with van der Waals surface area (Å²) in [5, 5.41) is 11.5. The number of benzene rings is 2. The van der Waals surface area contributed by atoms with Gasteiger partial charge in [-0.15, -0.1) is 0 Å². The van der Waals surface area contributed by atoms with E-state index in [1.807, 2.05) is 6.26 Å². The van der Waals surface area contributed by atoms with Gasteiger partial charge in [-0.2, -0.15) is 17.0 Å². The molecule has 2 aromatic carbocycles. The van der Waals surface area contributed by atoms with Gasteiger partial charge in [-0.25, -0.2) is 0 Å². The number of ether oxygens (including phenoxy) is 2. The summed E-state index contributed by atoms with van der Waals surface area (Å²) in [7, 11) is 0. The third-order valence-electron chi connectivity index (χ3n) is 3.02. The van der Waals surface area contributed by atoms with Crippen LogP contribution in [0.2, 0.25) is 0 Å². The number of nitrogens with one attached hydrogen (secondary N) is 1. The molecule has 1 amide bonds. The van der Waals surface area contributed by atoms with Crippen molar-refractivity contribution in [2.45, 2.75) is 0 Å². The van der Waals surface area contributed by atoms with Crippen LogP contribution in [0, 0.1) is 11.3 Å². The van der Waals surface area contributed by atoms with Gasteiger partial charge in [-0.05, 0) is 54.8 Å². The largest absolute Gasteiger partial charge is 0.490 e. The Bertz CT molecular complexity index is 694. The van der Waals surface area contributed by atoms with Crippen LogP contribution in [-0.4, -0.2) is 31.1 Å². The number of carbonyl (C=O) groups excluding carboxylic acids is 1. The van der Waals surface area contributed by atoms with Gasteiger partial charge in [0.25, 0.3) is 0 Å². The van der Waals surface area contributed by atoms with Crippen molar-refractivity contribution in [1.29, 1.82) is 5.26 Å². The smallest absolute Gasteiger partial charge is 0.234 e. The number of anilines is 1. The molecule has 2 rings (SSSR count). The van der Waals surface area contributed by atoms with Crippen molar-refractivity contribution in [3.8, 4) is 17.6 Å². The molecule has 24 heavy (non-hydrogen) atoms. The van der Waals surface area contributed by atoms with Gasteiger partial charge in [-0.1, -0.05) is 0 Å². The first kappa shape index (κ1) is 17.7. The molecule has 5 nitrogen and oxygen atoms in total. The highest BCUT2D eigenvalue weighted by molar-refractivity contribution is 7.99. The number of rotatable bonds is 8. The number of hydrogen-bond acceptors (Lipinski definition) is 5. The summed E-state index contributed by atoms with van der Waals surface area (Å²) in [6, 6.07) is 16.2. The Balaban J connectivity index is 1.72. The predicted molar refractivity (Wildman–Crippen MR) is 95.6 cm³/mol. The van der Waals surface area contributed by atoms with Gasteiger partial charge >= 0.3 is 0 Å². The first-order valence-electron chi connectivity index (χ1n) is 7.36. The van der Waals surface area contributed by atoms with Crippen molar-refractivity contribution in [3.05, 3.63) is 54.1 Å². The normalized spacial score (nSPS) is 9.83. The second kappa shape index (κ2) is 9.48. The Morgan fingerprint density at radius 2 is 1.58 bits per heavy atom. The molecule has 0 atom stereocenters. The van der Waals surface area contributed by atoms with Crippen LogP contribution in [0.3, 0.4) is 0 Å². The third-order valence-corrected chi connectivity index (χ3v) is 3.57. The van der Waals surface area contributed by atoms with Gasteiger partial charge in [0.1, 0.15) is 24.7 Å². The molecule has 0 saturated heterocycles. The molecule has 0 unspecified atom stereocenters. The van der Waals surface area contributed by atoms with Gasteiger partial charge in [0.05, 0.1) is 17.4 Å². The van der Waals surface area contributed by atoms with Crippen LogP contribution in [0.4, 0.5) is 5.69 Å². The van der Waals surface area contributed by atoms with E-state index < -0.39 is 0 Å². The second-order valence-corrected chi connectivity index (χ2v) is 5.70. The number of thioether (sulfide) groups is 1. The van der Waals surface area contributed by atoms with Gasteiger partial charge in [0.15, 0.2) is 0 Å². The lowest BCUT2D eigenvalue weighted by molar-refractivity contribution is -0.113. The molecule has 0 heterocycles. The maximum absolute atomic E-state index is 11.5. The Morgan fingerprint density at radius 1 is 1.04 bits per heavy atom. The monoisotopic (exact) mass is 342 g/mol. The SMILES string of the molecule is CSCC(=O)Nc1ccc(OCCOc2ccc(C#N)cc2)cc1. The highest BCUT2D eigenvalue weighted by atomic mass is 32.2. The fourth-order valence-electron chi connectivity index (χ4n) is 1.91. The zero-order valence-electron chi connectivity index (χ0n) is 13.3. The molecule has 0 bridgehead atoms. The fourth-order valence-corrected chi connectivity index (χ4v) is 2.24. The molecule has 0 saturated carbocycles. The first-order chi connectivity index (χ1) is 11.7. The average molecular weight is 342 g/mol. The van der Waals surface area contributed by atoms with Crippen molar-refractivity contribution >= 4 is 23.4 Å². The van der Waals surface area contributed by atoms with Crippen molar-refractivity contribution in [2.24, 2.45) is 0 Å². The Morgan fingerprint density at radius 3 is 2.08 bits per heavy atom. The van der Waals surface area contributed by atoms with E-state index >= 15 is 0 Å². The van der Waals surface area contributed by atoms with E-state index in [9.17, 15) is 4.79 Å². The number of hydrogen-bond donors (Lipinski definition) is 1. The Hall–Kier alpha value is -2.65. The number of nitriles is 1. The minimum Gasteiger partial charge on any atom is -0.490 e. The zero-order chi connectivity index (χ0) is 17.2. The van der Waals surface area contributed by atoms with Gasteiger partial charge in [0.2, 0.25) is 5.91 Å². The summed E-state index contributed by atoms with van der Waals surface area (Å²) in [6.45, 7) is 0.802. The standard InChI is InChI=1S/C18H18N2O3S/c1-24-13-18(21)20-15-4-8-17(9-5-15)23-11-10-22-16-6-2-14(12-19)3-7-16/h2-9H,10-11,13H2,1H3,(H,20,21). The second-order valence-electron chi connectivity index (χ2n) is 4.84. The van der Waals surface area contributed by atoms with Gasteiger partial charge < -0.3 is 14.8 Å². The van der Waals surface area contributed by atoms with Crippen LogP contribution in [0.25, 0.3) is 0 Å². The van der Waals surface area contributed by atoms with E-state index in [0.29, 0.717) is 36.0 Å². The van der Waals surface area contributed by atoms with Gasteiger partial charge in [0, 0.05) is 5.69 Å². The van der Waals surface area contributed by atoms with Crippen LogP contribution in [0.1, 0.15) is 5.56 Å². The maximum Gasteiger partial charge on any atom is 0.234 e. The molecule has 0 aliphatic carbocycles. The van der Waals surface area contributed by atoms with E-state index in [0.717, 1.165) is 5.69 Å². The molecule has 6 heteroatoms. The summed E-state index contributed by atoms with van der Waals surface area (Å²) in [6.07, 6.45) is 1.89. The lowest BCUT2D eigenvalue weighted by Gasteiger charge is -2.09.